The van der Waals surface area contributed by atoms with E-state index in [1.165, 1.54) is 29.7 Å². The monoisotopic (exact) mass is 260 g/mol. The first-order chi connectivity index (χ1) is 8.68. The average molecular weight is 261 g/mol. The lowest BCUT2D eigenvalue weighted by Gasteiger charge is -2.24. The second-order valence-electron chi connectivity index (χ2n) is 5.10. The highest BCUT2D eigenvalue weighted by molar-refractivity contribution is 6.30. The summed E-state index contributed by atoms with van der Waals surface area (Å²) in [5.74, 6) is 1.03. The Balaban J connectivity index is 2.22. The summed E-state index contributed by atoms with van der Waals surface area (Å²) in [6, 6.07) is 8.86. The molecule has 1 aliphatic heterocycles. The highest BCUT2D eigenvalue weighted by Crippen LogP contribution is 2.35. The molecule has 0 N–H and O–H groups in total. The van der Waals surface area contributed by atoms with Crippen LogP contribution in [0, 0.1) is 6.92 Å². The third kappa shape index (κ3) is 1.76. The van der Waals surface area contributed by atoms with Crippen LogP contribution in [0.15, 0.2) is 24.3 Å². The van der Waals surface area contributed by atoms with Crippen molar-refractivity contribution in [2.75, 3.05) is 0 Å². The molecular weight excluding hydrogens is 244 g/mol. The van der Waals surface area contributed by atoms with Gasteiger partial charge in [0.1, 0.15) is 5.82 Å². The van der Waals surface area contributed by atoms with E-state index >= 15 is 0 Å². The van der Waals surface area contributed by atoms with Crippen molar-refractivity contribution >= 4 is 11.6 Å². The van der Waals surface area contributed by atoms with Crippen molar-refractivity contribution in [3.8, 4) is 11.4 Å². The Kier molecular flexibility index (Phi) is 2.90. The number of hydrogen-bond acceptors (Lipinski definition) is 1. The fourth-order valence-electron chi connectivity index (χ4n) is 2.84. The molecule has 0 saturated carbocycles. The zero-order chi connectivity index (χ0) is 12.7. The van der Waals surface area contributed by atoms with E-state index in [2.05, 4.69) is 47.7 Å². The van der Waals surface area contributed by atoms with Gasteiger partial charge in [-0.3, -0.25) is 0 Å². The molecule has 1 aliphatic rings. The molecule has 0 amide bonds. The molecule has 2 aromatic rings. The smallest absolute Gasteiger partial charge is 0.150 e. The summed E-state index contributed by atoms with van der Waals surface area (Å²) < 4.78 is 2.33. The van der Waals surface area contributed by atoms with Gasteiger partial charge < -0.3 is 4.57 Å². The molecule has 1 aromatic carbocycles. The van der Waals surface area contributed by atoms with E-state index in [1.54, 1.807) is 0 Å². The second kappa shape index (κ2) is 4.43. The Morgan fingerprint density at radius 3 is 2.89 bits per heavy atom. The molecule has 0 saturated heterocycles. The van der Waals surface area contributed by atoms with Crippen molar-refractivity contribution in [2.45, 2.75) is 39.2 Å². The lowest BCUT2D eigenvalue weighted by molar-refractivity contribution is 0.436. The zero-order valence-electron chi connectivity index (χ0n) is 10.8. The van der Waals surface area contributed by atoms with Gasteiger partial charge in [0.2, 0.25) is 0 Å². The first kappa shape index (κ1) is 11.8. The van der Waals surface area contributed by atoms with E-state index in [1.807, 2.05) is 0 Å². The molecule has 1 atom stereocenters. The number of imidazole rings is 1. The number of rotatable bonds is 1. The van der Waals surface area contributed by atoms with Gasteiger partial charge in [0.05, 0.1) is 5.69 Å². The minimum absolute atomic E-state index is 0.489. The topological polar surface area (TPSA) is 17.8 Å². The average Bonchev–Trinajstić information content (AvgIpc) is 2.69. The van der Waals surface area contributed by atoms with Crippen LogP contribution in [0.4, 0.5) is 0 Å². The number of benzene rings is 1. The van der Waals surface area contributed by atoms with E-state index in [-0.39, 0.29) is 0 Å². The Hall–Kier alpha value is -1.28. The van der Waals surface area contributed by atoms with E-state index in [0.717, 1.165) is 12.2 Å². The molecule has 0 aliphatic carbocycles. The van der Waals surface area contributed by atoms with Crippen LogP contribution in [0.5, 0.6) is 0 Å². The summed E-state index contributed by atoms with van der Waals surface area (Å²) >= 11 is 6.30. The molecule has 0 fully saturated rings. The molecule has 0 bridgehead atoms. The van der Waals surface area contributed by atoms with Gasteiger partial charge in [-0.25, -0.2) is 4.98 Å². The van der Waals surface area contributed by atoms with Gasteiger partial charge in [-0.05, 0) is 38.7 Å². The molecule has 94 valence electrons. The zero-order valence-corrected chi connectivity index (χ0v) is 11.5. The maximum absolute atomic E-state index is 6.30. The SMILES string of the molecule is Cc1ccccc1-c1nc(Cl)c2n1C(C)CCC2. The van der Waals surface area contributed by atoms with Crippen LogP contribution in [0.3, 0.4) is 0 Å². The van der Waals surface area contributed by atoms with Crippen LogP contribution in [0.2, 0.25) is 5.15 Å². The first-order valence-corrected chi connectivity index (χ1v) is 6.89. The van der Waals surface area contributed by atoms with Crippen molar-refractivity contribution in [1.29, 1.82) is 0 Å². The number of hydrogen-bond donors (Lipinski definition) is 0. The molecule has 0 spiro atoms. The van der Waals surface area contributed by atoms with Gasteiger partial charge in [-0.2, -0.15) is 0 Å². The standard InChI is InChI=1S/C15H17ClN2/c1-10-6-3-4-8-12(10)15-17-14(16)13-9-5-7-11(2)18(13)15/h3-4,6,8,11H,5,7,9H2,1-2H3. The molecule has 2 heterocycles. The van der Waals surface area contributed by atoms with Crippen LogP contribution < -0.4 is 0 Å². The Morgan fingerprint density at radius 1 is 1.33 bits per heavy atom. The second-order valence-corrected chi connectivity index (χ2v) is 5.46. The van der Waals surface area contributed by atoms with Crippen molar-refractivity contribution in [2.24, 2.45) is 0 Å². The molecular formula is C15H17ClN2. The van der Waals surface area contributed by atoms with Crippen LogP contribution in [0.1, 0.15) is 37.1 Å². The number of aryl methyl sites for hydroxylation is 1. The predicted molar refractivity (Wildman–Crippen MR) is 75.1 cm³/mol. The number of fused-ring (bicyclic) bond motifs is 1. The largest absolute Gasteiger partial charge is 0.324 e. The maximum Gasteiger partial charge on any atom is 0.150 e. The van der Waals surface area contributed by atoms with E-state index in [9.17, 15) is 0 Å². The molecule has 0 radical (unpaired) electrons. The third-order valence-electron chi connectivity index (χ3n) is 3.82. The Labute approximate surface area is 113 Å². The lowest BCUT2D eigenvalue weighted by Crippen LogP contribution is -2.16. The van der Waals surface area contributed by atoms with Crippen molar-refractivity contribution in [3.63, 3.8) is 0 Å². The van der Waals surface area contributed by atoms with Gasteiger partial charge in [-0.1, -0.05) is 35.9 Å². The normalized spacial score (nSPS) is 18.7. The van der Waals surface area contributed by atoms with E-state index < -0.39 is 0 Å². The maximum atomic E-state index is 6.30. The Bertz CT molecular complexity index is 586. The van der Waals surface area contributed by atoms with Gasteiger partial charge in [0.25, 0.3) is 0 Å². The number of aromatic nitrogens is 2. The summed E-state index contributed by atoms with van der Waals surface area (Å²) in [7, 11) is 0. The Morgan fingerprint density at radius 2 is 2.11 bits per heavy atom. The molecule has 18 heavy (non-hydrogen) atoms. The lowest BCUT2D eigenvalue weighted by atomic mass is 10.0. The molecule has 1 unspecified atom stereocenters. The van der Waals surface area contributed by atoms with Gasteiger partial charge >= 0.3 is 0 Å². The van der Waals surface area contributed by atoms with Crippen LogP contribution in [-0.2, 0) is 6.42 Å². The summed E-state index contributed by atoms with van der Waals surface area (Å²) in [5, 5.41) is 0.680. The molecule has 1 aromatic heterocycles. The summed E-state index contributed by atoms with van der Waals surface area (Å²) in [5.41, 5.74) is 3.65. The third-order valence-corrected chi connectivity index (χ3v) is 4.13. The van der Waals surface area contributed by atoms with Gasteiger partial charge in [-0.15, -0.1) is 0 Å². The highest BCUT2D eigenvalue weighted by atomic mass is 35.5. The minimum atomic E-state index is 0.489. The van der Waals surface area contributed by atoms with Gasteiger partial charge in [0.15, 0.2) is 5.15 Å². The van der Waals surface area contributed by atoms with Crippen molar-refractivity contribution < 1.29 is 0 Å². The predicted octanol–water partition coefficient (Wildman–Crippen LogP) is 4.41. The van der Waals surface area contributed by atoms with Crippen LogP contribution >= 0.6 is 11.6 Å². The number of halogens is 1. The summed E-state index contributed by atoms with van der Waals surface area (Å²) in [6.07, 6.45) is 3.46. The molecule has 3 rings (SSSR count). The fraction of sp³-hybridized carbons (Fsp3) is 0.400. The highest BCUT2D eigenvalue weighted by Gasteiger charge is 2.24. The summed E-state index contributed by atoms with van der Waals surface area (Å²) in [4.78, 5) is 4.60. The number of nitrogens with zero attached hydrogens (tertiary/aromatic N) is 2. The minimum Gasteiger partial charge on any atom is -0.324 e. The molecule has 2 nitrogen and oxygen atoms in total. The van der Waals surface area contributed by atoms with Crippen LogP contribution in [0.25, 0.3) is 11.4 Å². The quantitative estimate of drug-likeness (QED) is 0.743. The fourth-order valence-corrected chi connectivity index (χ4v) is 3.11. The van der Waals surface area contributed by atoms with Crippen molar-refractivity contribution in [1.82, 2.24) is 9.55 Å². The van der Waals surface area contributed by atoms with E-state index in [0.29, 0.717) is 11.2 Å². The molecule has 3 heteroatoms. The van der Waals surface area contributed by atoms with Crippen molar-refractivity contribution in [3.05, 3.63) is 40.7 Å². The summed E-state index contributed by atoms with van der Waals surface area (Å²) in [6.45, 7) is 4.38. The first-order valence-electron chi connectivity index (χ1n) is 6.51. The van der Waals surface area contributed by atoms with Gasteiger partial charge in [0, 0.05) is 11.6 Å². The van der Waals surface area contributed by atoms with E-state index in [4.69, 9.17) is 11.6 Å². The van der Waals surface area contributed by atoms with Crippen LogP contribution in [-0.4, -0.2) is 9.55 Å².